The van der Waals surface area contributed by atoms with Crippen molar-refractivity contribution in [2.45, 2.75) is 0 Å². The van der Waals surface area contributed by atoms with Crippen LogP contribution in [-0.2, 0) is 9.53 Å². The molecule has 0 saturated carbocycles. The Morgan fingerprint density at radius 3 is 2.50 bits per heavy atom. The Morgan fingerprint density at radius 2 is 2.38 bits per heavy atom. The van der Waals surface area contributed by atoms with Crippen molar-refractivity contribution < 1.29 is 14.6 Å². The van der Waals surface area contributed by atoms with Gasteiger partial charge in [0.2, 0.25) is 0 Å². The van der Waals surface area contributed by atoms with E-state index in [-0.39, 0.29) is 5.70 Å². The van der Waals surface area contributed by atoms with Gasteiger partial charge in [-0.15, -0.1) is 0 Å². The van der Waals surface area contributed by atoms with Crippen molar-refractivity contribution in [3.8, 4) is 0 Å². The number of rotatable bonds is 2. The maximum atomic E-state index is 9.82. The van der Waals surface area contributed by atoms with Gasteiger partial charge in [0.1, 0.15) is 6.26 Å². The number of ether oxygens (including phenoxy) is 1. The van der Waals surface area contributed by atoms with E-state index in [2.05, 4.69) is 4.74 Å². The lowest BCUT2D eigenvalue weighted by atomic mass is 10.5. The molecule has 0 rings (SSSR count). The van der Waals surface area contributed by atoms with Crippen molar-refractivity contribution in [2.24, 2.45) is 5.73 Å². The van der Waals surface area contributed by atoms with E-state index in [4.69, 9.17) is 10.8 Å². The molecule has 0 aromatic carbocycles. The van der Waals surface area contributed by atoms with Crippen molar-refractivity contribution in [3.63, 3.8) is 0 Å². The lowest BCUT2D eigenvalue weighted by Gasteiger charge is -1.89. The Bertz CT molecular complexity index is 118. The molecule has 0 aliphatic carbocycles. The SMILES string of the molecule is CO/C=C(/N)C(=O)O. The highest BCUT2D eigenvalue weighted by molar-refractivity contribution is 5.84. The average molecular weight is 117 g/mol. The zero-order valence-electron chi connectivity index (χ0n) is 4.42. The molecule has 0 aliphatic rings. The van der Waals surface area contributed by atoms with Gasteiger partial charge >= 0.3 is 5.97 Å². The average Bonchev–Trinajstić information content (AvgIpc) is 1.67. The maximum Gasteiger partial charge on any atom is 0.354 e. The van der Waals surface area contributed by atoms with Gasteiger partial charge in [-0.1, -0.05) is 0 Å². The van der Waals surface area contributed by atoms with Crippen LogP contribution in [0.4, 0.5) is 0 Å². The Hall–Kier alpha value is -1.19. The fraction of sp³-hybridized carbons (Fsp3) is 0.250. The second-order valence-corrected chi connectivity index (χ2v) is 1.11. The molecule has 4 nitrogen and oxygen atoms in total. The summed E-state index contributed by atoms with van der Waals surface area (Å²) in [4.78, 5) is 9.82. The lowest BCUT2D eigenvalue weighted by Crippen LogP contribution is -2.09. The van der Waals surface area contributed by atoms with Crippen molar-refractivity contribution in [3.05, 3.63) is 12.0 Å². The highest BCUT2D eigenvalue weighted by atomic mass is 16.5. The quantitative estimate of drug-likeness (QED) is 0.378. The molecule has 0 aromatic rings. The fourth-order valence-electron chi connectivity index (χ4n) is 0.177. The molecule has 0 aliphatic heterocycles. The standard InChI is InChI=1S/C4H7NO3/c1-8-2-3(5)4(6)7/h2H,5H2,1H3,(H,6,7)/b3-2+. The summed E-state index contributed by atoms with van der Waals surface area (Å²) in [5.74, 6) is -1.17. The summed E-state index contributed by atoms with van der Waals surface area (Å²) in [6.45, 7) is 0. The predicted octanol–water partition coefficient (Wildman–Crippen LogP) is -0.482. The zero-order valence-corrected chi connectivity index (χ0v) is 4.42. The summed E-state index contributed by atoms with van der Waals surface area (Å²) < 4.78 is 4.30. The van der Waals surface area contributed by atoms with Gasteiger partial charge < -0.3 is 15.6 Å². The zero-order chi connectivity index (χ0) is 6.57. The lowest BCUT2D eigenvalue weighted by molar-refractivity contribution is -0.132. The van der Waals surface area contributed by atoms with E-state index in [1.165, 1.54) is 7.11 Å². The summed E-state index contributed by atoms with van der Waals surface area (Å²) >= 11 is 0. The van der Waals surface area contributed by atoms with E-state index < -0.39 is 5.97 Å². The first-order valence-electron chi connectivity index (χ1n) is 1.90. The molecule has 0 amide bonds. The molecular weight excluding hydrogens is 110 g/mol. The highest BCUT2D eigenvalue weighted by Crippen LogP contribution is 1.80. The van der Waals surface area contributed by atoms with Crippen LogP contribution < -0.4 is 5.73 Å². The summed E-state index contributed by atoms with van der Waals surface area (Å²) in [7, 11) is 1.33. The Labute approximate surface area is 46.6 Å². The molecule has 0 atom stereocenters. The molecule has 0 fully saturated rings. The Balaban J connectivity index is 3.80. The number of carbonyl (C=O) groups is 1. The van der Waals surface area contributed by atoms with Crippen molar-refractivity contribution in [2.75, 3.05) is 7.11 Å². The molecule has 3 N–H and O–H groups in total. The van der Waals surface area contributed by atoms with Gasteiger partial charge in [-0.3, -0.25) is 0 Å². The van der Waals surface area contributed by atoms with E-state index in [0.29, 0.717) is 0 Å². The predicted molar refractivity (Wildman–Crippen MR) is 26.9 cm³/mol. The highest BCUT2D eigenvalue weighted by Gasteiger charge is 1.97. The second kappa shape index (κ2) is 2.90. The monoisotopic (exact) mass is 117 g/mol. The third-order valence-electron chi connectivity index (χ3n) is 0.492. The van der Waals surface area contributed by atoms with Crippen LogP contribution in [0.25, 0.3) is 0 Å². The Morgan fingerprint density at radius 1 is 1.88 bits per heavy atom. The summed E-state index contributed by atoms with van der Waals surface area (Å²) in [6, 6.07) is 0. The van der Waals surface area contributed by atoms with Gasteiger partial charge in [-0.2, -0.15) is 0 Å². The number of hydrogen-bond acceptors (Lipinski definition) is 3. The molecule has 8 heavy (non-hydrogen) atoms. The second-order valence-electron chi connectivity index (χ2n) is 1.11. The van der Waals surface area contributed by atoms with Gasteiger partial charge in [0.25, 0.3) is 0 Å². The third kappa shape index (κ3) is 2.07. The minimum atomic E-state index is -1.17. The molecule has 0 radical (unpaired) electrons. The summed E-state index contributed by atoms with van der Waals surface area (Å²) in [5.41, 5.74) is 4.56. The van der Waals surface area contributed by atoms with Gasteiger partial charge in [-0.25, -0.2) is 4.79 Å². The van der Waals surface area contributed by atoms with E-state index in [0.717, 1.165) is 6.26 Å². The molecule has 0 heterocycles. The van der Waals surface area contributed by atoms with Crippen molar-refractivity contribution in [1.82, 2.24) is 0 Å². The normalized spacial score (nSPS) is 10.9. The number of nitrogens with two attached hydrogens (primary N) is 1. The first kappa shape index (κ1) is 6.81. The molecule has 4 heteroatoms. The third-order valence-corrected chi connectivity index (χ3v) is 0.492. The van der Waals surface area contributed by atoms with Gasteiger partial charge in [0, 0.05) is 0 Å². The molecule has 0 unspecified atom stereocenters. The molecular formula is C4H7NO3. The molecule has 0 spiro atoms. The van der Waals surface area contributed by atoms with Crippen molar-refractivity contribution in [1.29, 1.82) is 0 Å². The first-order valence-corrected chi connectivity index (χ1v) is 1.90. The van der Waals surface area contributed by atoms with Crippen LogP contribution in [0, 0.1) is 0 Å². The first-order chi connectivity index (χ1) is 3.68. The van der Waals surface area contributed by atoms with Gasteiger partial charge in [0.15, 0.2) is 5.70 Å². The largest absolute Gasteiger partial charge is 0.502 e. The van der Waals surface area contributed by atoms with E-state index in [1.807, 2.05) is 0 Å². The number of aliphatic carboxylic acids is 1. The van der Waals surface area contributed by atoms with Crippen LogP contribution in [0.5, 0.6) is 0 Å². The smallest absolute Gasteiger partial charge is 0.354 e. The number of methoxy groups -OCH3 is 1. The number of carboxylic acids is 1. The van der Waals surface area contributed by atoms with Crippen LogP contribution in [0.15, 0.2) is 12.0 Å². The van der Waals surface area contributed by atoms with E-state index in [9.17, 15) is 4.79 Å². The summed E-state index contributed by atoms with van der Waals surface area (Å²) in [6.07, 6.45) is 0.961. The van der Waals surface area contributed by atoms with E-state index >= 15 is 0 Å². The maximum absolute atomic E-state index is 9.82. The summed E-state index contributed by atoms with van der Waals surface area (Å²) in [5, 5.41) is 8.04. The number of carboxylic acid groups (broad SMARTS) is 1. The van der Waals surface area contributed by atoms with Gasteiger partial charge in [-0.05, 0) is 0 Å². The van der Waals surface area contributed by atoms with Crippen LogP contribution in [0.1, 0.15) is 0 Å². The topological polar surface area (TPSA) is 72.5 Å². The van der Waals surface area contributed by atoms with E-state index in [1.54, 1.807) is 0 Å². The molecule has 0 aromatic heterocycles. The van der Waals surface area contributed by atoms with Crippen LogP contribution in [-0.4, -0.2) is 18.2 Å². The Kier molecular flexibility index (Phi) is 2.47. The van der Waals surface area contributed by atoms with Crippen LogP contribution >= 0.6 is 0 Å². The molecule has 0 saturated heterocycles. The number of hydrogen-bond donors (Lipinski definition) is 2. The molecule has 46 valence electrons. The minimum absolute atomic E-state index is 0.299. The van der Waals surface area contributed by atoms with Crippen LogP contribution in [0.3, 0.4) is 0 Å². The van der Waals surface area contributed by atoms with Gasteiger partial charge in [0.05, 0.1) is 7.11 Å². The van der Waals surface area contributed by atoms with Crippen LogP contribution in [0.2, 0.25) is 0 Å². The molecule has 0 bridgehead atoms. The van der Waals surface area contributed by atoms with Crippen molar-refractivity contribution >= 4 is 5.97 Å². The minimum Gasteiger partial charge on any atom is -0.502 e. The fourth-order valence-corrected chi connectivity index (χ4v) is 0.177.